The number of nitrogens with two attached hydrogens (primary N) is 1. The Morgan fingerprint density at radius 2 is 2.05 bits per heavy atom. The van der Waals surface area contributed by atoms with E-state index in [-0.39, 0.29) is 12.5 Å². The Kier molecular flexibility index (Phi) is 5.38. The molecule has 0 radical (unpaired) electrons. The number of ether oxygens (including phenoxy) is 1. The van der Waals surface area contributed by atoms with Crippen molar-refractivity contribution in [3.8, 4) is 17.0 Å². The molecule has 0 spiro atoms. The molecule has 1 aromatic heterocycles. The maximum atomic E-state index is 11.6. The average molecular weight is 319 g/mol. The van der Waals surface area contributed by atoms with Gasteiger partial charge in [0.25, 0.3) is 5.91 Å². The Morgan fingerprint density at radius 3 is 2.59 bits per heavy atom. The second-order valence-electron chi connectivity index (χ2n) is 5.47. The number of aromatic nitrogens is 1. The molecular formula is C16H21N3O2S. The van der Waals surface area contributed by atoms with Gasteiger partial charge in [0.15, 0.2) is 11.7 Å². The van der Waals surface area contributed by atoms with Gasteiger partial charge in [0.05, 0.1) is 5.69 Å². The highest BCUT2D eigenvalue weighted by atomic mass is 32.1. The molecule has 0 unspecified atom stereocenters. The number of carbonyl (C=O) groups is 1. The first-order valence-electron chi connectivity index (χ1n) is 7.18. The first kappa shape index (κ1) is 16.3. The number of nitrogens with one attached hydrogen (secondary N) is 1. The van der Waals surface area contributed by atoms with Crippen molar-refractivity contribution in [2.45, 2.75) is 20.8 Å². The van der Waals surface area contributed by atoms with Crippen LogP contribution in [0.1, 0.15) is 18.7 Å². The molecule has 118 valence electrons. The average Bonchev–Trinajstić information content (AvgIpc) is 2.82. The van der Waals surface area contributed by atoms with Crippen LogP contribution >= 0.6 is 11.3 Å². The lowest BCUT2D eigenvalue weighted by Gasteiger charge is -2.09. The lowest BCUT2D eigenvalue weighted by atomic mass is 10.1. The van der Waals surface area contributed by atoms with Gasteiger partial charge in [-0.3, -0.25) is 4.79 Å². The van der Waals surface area contributed by atoms with Crippen LogP contribution in [0.15, 0.2) is 24.3 Å². The summed E-state index contributed by atoms with van der Waals surface area (Å²) >= 11 is 1.47. The summed E-state index contributed by atoms with van der Waals surface area (Å²) in [6, 6.07) is 7.51. The van der Waals surface area contributed by atoms with Gasteiger partial charge in [-0.15, -0.1) is 11.3 Å². The van der Waals surface area contributed by atoms with Gasteiger partial charge >= 0.3 is 0 Å². The molecule has 22 heavy (non-hydrogen) atoms. The number of nitrogen functional groups attached to an aromatic ring is 1. The van der Waals surface area contributed by atoms with Crippen LogP contribution in [0.25, 0.3) is 11.3 Å². The van der Waals surface area contributed by atoms with Crippen LogP contribution in [0.2, 0.25) is 0 Å². The SMILES string of the molecule is Cc1sc(N)nc1-c1ccc(OCC(=O)NCC(C)C)cc1. The summed E-state index contributed by atoms with van der Waals surface area (Å²) in [5.41, 5.74) is 7.60. The van der Waals surface area contributed by atoms with Gasteiger partial charge in [-0.1, -0.05) is 13.8 Å². The van der Waals surface area contributed by atoms with Crippen molar-refractivity contribution < 1.29 is 9.53 Å². The summed E-state index contributed by atoms with van der Waals surface area (Å²) in [6.07, 6.45) is 0. The largest absolute Gasteiger partial charge is 0.484 e. The molecule has 2 aromatic rings. The van der Waals surface area contributed by atoms with E-state index in [0.29, 0.717) is 23.3 Å². The van der Waals surface area contributed by atoms with E-state index < -0.39 is 0 Å². The quantitative estimate of drug-likeness (QED) is 0.858. The smallest absolute Gasteiger partial charge is 0.257 e. The zero-order valence-corrected chi connectivity index (χ0v) is 13.9. The molecule has 1 amide bonds. The number of thiazole rings is 1. The van der Waals surface area contributed by atoms with Crippen molar-refractivity contribution in [2.24, 2.45) is 5.92 Å². The van der Waals surface area contributed by atoms with Gasteiger partial charge in [0.1, 0.15) is 5.75 Å². The summed E-state index contributed by atoms with van der Waals surface area (Å²) < 4.78 is 5.47. The van der Waals surface area contributed by atoms with E-state index in [4.69, 9.17) is 10.5 Å². The first-order valence-corrected chi connectivity index (χ1v) is 8.00. The topological polar surface area (TPSA) is 77.2 Å². The van der Waals surface area contributed by atoms with E-state index in [9.17, 15) is 4.79 Å². The van der Waals surface area contributed by atoms with E-state index >= 15 is 0 Å². The van der Waals surface area contributed by atoms with Crippen LogP contribution in [0.3, 0.4) is 0 Å². The number of amides is 1. The van der Waals surface area contributed by atoms with E-state index in [1.54, 1.807) is 0 Å². The molecule has 3 N–H and O–H groups in total. The number of rotatable bonds is 6. The predicted octanol–water partition coefficient (Wildman–Crippen LogP) is 2.85. The fourth-order valence-electron chi connectivity index (χ4n) is 1.91. The molecule has 0 atom stereocenters. The molecule has 0 bridgehead atoms. The molecule has 0 saturated carbocycles. The van der Waals surface area contributed by atoms with Crippen LogP contribution in [0, 0.1) is 12.8 Å². The Bertz CT molecular complexity index is 635. The van der Waals surface area contributed by atoms with Crippen molar-refractivity contribution in [1.29, 1.82) is 0 Å². The number of nitrogens with zero attached hydrogens (tertiary/aromatic N) is 1. The van der Waals surface area contributed by atoms with Crippen LogP contribution in [-0.2, 0) is 4.79 Å². The third-order valence-electron chi connectivity index (χ3n) is 3.02. The van der Waals surface area contributed by atoms with E-state index in [2.05, 4.69) is 10.3 Å². The van der Waals surface area contributed by atoms with Crippen molar-refractivity contribution in [3.05, 3.63) is 29.1 Å². The fourth-order valence-corrected chi connectivity index (χ4v) is 2.62. The zero-order chi connectivity index (χ0) is 16.1. The summed E-state index contributed by atoms with van der Waals surface area (Å²) in [5, 5.41) is 3.38. The van der Waals surface area contributed by atoms with E-state index in [0.717, 1.165) is 16.1 Å². The maximum absolute atomic E-state index is 11.6. The molecule has 2 rings (SSSR count). The normalized spacial score (nSPS) is 10.7. The van der Waals surface area contributed by atoms with Crippen molar-refractivity contribution in [2.75, 3.05) is 18.9 Å². The van der Waals surface area contributed by atoms with Gasteiger partial charge < -0.3 is 15.8 Å². The molecule has 0 aliphatic heterocycles. The number of hydrogen-bond donors (Lipinski definition) is 2. The van der Waals surface area contributed by atoms with Gasteiger partial charge in [-0.2, -0.15) is 0 Å². The molecule has 0 saturated heterocycles. The monoisotopic (exact) mass is 319 g/mol. The zero-order valence-electron chi connectivity index (χ0n) is 13.1. The lowest BCUT2D eigenvalue weighted by molar-refractivity contribution is -0.123. The first-order chi connectivity index (χ1) is 10.5. The highest BCUT2D eigenvalue weighted by molar-refractivity contribution is 7.15. The third-order valence-corrected chi connectivity index (χ3v) is 3.82. The Hall–Kier alpha value is -2.08. The number of benzene rings is 1. The Balaban J connectivity index is 1.92. The molecule has 0 aliphatic carbocycles. The van der Waals surface area contributed by atoms with Gasteiger partial charge in [-0.25, -0.2) is 4.98 Å². The Labute approximate surface area is 134 Å². The molecule has 0 aliphatic rings. The molecule has 5 nitrogen and oxygen atoms in total. The van der Waals surface area contributed by atoms with Crippen LogP contribution in [0.5, 0.6) is 5.75 Å². The predicted molar refractivity (Wildman–Crippen MR) is 90.0 cm³/mol. The second kappa shape index (κ2) is 7.26. The summed E-state index contributed by atoms with van der Waals surface area (Å²) in [4.78, 5) is 17.0. The second-order valence-corrected chi connectivity index (χ2v) is 6.70. The minimum absolute atomic E-state index is 0.0226. The highest BCUT2D eigenvalue weighted by Gasteiger charge is 2.08. The maximum Gasteiger partial charge on any atom is 0.257 e. The minimum atomic E-state index is -0.110. The van der Waals surface area contributed by atoms with E-state index in [1.807, 2.05) is 45.0 Å². The minimum Gasteiger partial charge on any atom is -0.484 e. The van der Waals surface area contributed by atoms with Gasteiger partial charge in [0, 0.05) is 17.0 Å². The molecular weight excluding hydrogens is 298 g/mol. The third kappa shape index (κ3) is 4.46. The van der Waals surface area contributed by atoms with Gasteiger partial charge in [-0.05, 0) is 37.1 Å². The molecule has 1 heterocycles. The Morgan fingerprint density at radius 1 is 1.36 bits per heavy atom. The number of hydrogen-bond acceptors (Lipinski definition) is 5. The number of aryl methyl sites for hydroxylation is 1. The van der Waals surface area contributed by atoms with Crippen molar-refractivity contribution >= 4 is 22.4 Å². The lowest BCUT2D eigenvalue weighted by Crippen LogP contribution is -2.31. The van der Waals surface area contributed by atoms with Crippen LogP contribution < -0.4 is 15.8 Å². The van der Waals surface area contributed by atoms with Gasteiger partial charge in [0.2, 0.25) is 0 Å². The standard InChI is InChI=1S/C16H21N3O2S/c1-10(2)8-18-14(20)9-21-13-6-4-12(5-7-13)15-11(3)22-16(17)19-15/h4-7,10H,8-9H2,1-3H3,(H2,17,19)(H,18,20). The summed E-state index contributed by atoms with van der Waals surface area (Å²) in [6.45, 7) is 6.77. The summed E-state index contributed by atoms with van der Waals surface area (Å²) in [7, 11) is 0. The van der Waals surface area contributed by atoms with Crippen molar-refractivity contribution in [3.63, 3.8) is 0 Å². The molecule has 6 heteroatoms. The number of anilines is 1. The van der Waals surface area contributed by atoms with Crippen LogP contribution in [-0.4, -0.2) is 24.0 Å². The molecule has 1 aromatic carbocycles. The summed E-state index contributed by atoms with van der Waals surface area (Å²) in [5.74, 6) is 0.974. The van der Waals surface area contributed by atoms with Crippen LogP contribution in [0.4, 0.5) is 5.13 Å². The molecule has 0 fully saturated rings. The van der Waals surface area contributed by atoms with E-state index in [1.165, 1.54) is 11.3 Å². The fraction of sp³-hybridized carbons (Fsp3) is 0.375. The number of carbonyl (C=O) groups excluding carboxylic acids is 1. The van der Waals surface area contributed by atoms with Crippen molar-refractivity contribution in [1.82, 2.24) is 10.3 Å². The highest BCUT2D eigenvalue weighted by Crippen LogP contribution is 2.29.